The van der Waals surface area contributed by atoms with Crippen LogP contribution in [-0.4, -0.2) is 53.9 Å². The summed E-state index contributed by atoms with van der Waals surface area (Å²) in [4.78, 5) is 27.1. The van der Waals surface area contributed by atoms with Crippen LogP contribution in [0, 0.1) is 5.41 Å². The molecule has 0 N–H and O–H groups in total. The van der Waals surface area contributed by atoms with E-state index in [0.29, 0.717) is 13.0 Å². The Kier molecular flexibility index (Phi) is 6.16. The topological polar surface area (TPSA) is 60.8 Å². The van der Waals surface area contributed by atoms with E-state index in [9.17, 15) is 9.59 Å². The number of halogens is 1. The Hall–Kier alpha value is -2.12. The fourth-order valence-electron chi connectivity index (χ4n) is 3.91. The third-order valence-corrected chi connectivity index (χ3v) is 6.02. The molecule has 0 saturated heterocycles. The lowest BCUT2D eigenvalue weighted by atomic mass is 9.84. The average molecular weight is 477 g/mol. The molecule has 2 heterocycles. The van der Waals surface area contributed by atoms with E-state index in [1.165, 1.54) is 7.11 Å². The predicted octanol–water partition coefficient (Wildman–Crippen LogP) is 4.78. The van der Waals surface area contributed by atoms with Crippen LogP contribution in [0.5, 0.6) is 0 Å². The Morgan fingerprint density at radius 3 is 2.60 bits per heavy atom. The van der Waals surface area contributed by atoms with Gasteiger partial charge in [-0.3, -0.25) is 14.3 Å². The smallest absolute Gasteiger partial charge is 0.419 e. The van der Waals surface area contributed by atoms with Gasteiger partial charge in [0.25, 0.3) is 0 Å². The Bertz CT molecular complexity index is 1000. The van der Waals surface area contributed by atoms with Gasteiger partial charge in [0, 0.05) is 28.6 Å². The van der Waals surface area contributed by atoms with E-state index in [-0.39, 0.29) is 12.0 Å². The lowest BCUT2D eigenvalue weighted by molar-refractivity contribution is -0.150. The molecular weight excluding hydrogens is 448 g/mol. The van der Waals surface area contributed by atoms with Crippen LogP contribution in [-0.2, 0) is 20.7 Å². The molecule has 0 fully saturated rings. The van der Waals surface area contributed by atoms with Gasteiger partial charge >= 0.3 is 12.1 Å². The van der Waals surface area contributed by atoms with Crippen molar-refractivity contribution in [1.29, 1.82) is 0 Å². The van der Waals surface area contributed by atoms with E-state index in [2.05, 4.69) is 20.8 Å². The third-order valence-electron chi connectivity index (χ3n) is 5.36. The van der Waals surface area contributed by atoms with E-state index in [1.807, 2.05) is 71.3 Å². The lowest BCUT2D eigenvalue weighted by Gasteiger charge is -2.37. The number of benzene rings is 1. The fourth-order valence-corrected chi connectivity index (χ4v) is 4.52. The van der Waals surface area contributed by atoms with E-state index >= 15 is 0 Å². The number of nitrogens with zero attached hydrogens (tertiary/aromatic N) is 2. The lowest BCUT2D eigenvalue weighted by Crippen LogP contribution is -2.47. The molecule has 6 nitrogen and oxygen atoms in total. The minimum absolute atomic E-state index is 0.0903. The molecule has 2 aromatic rings. The second-order valence-corrected chi connectivity index (χ2v) is 9.95. The molecule has 0 aliphatic carbocycles. The highest BCUT2D eigenvalue weighted by atomic mass is 79.9. The van der Waals surface area contributed by atoms with Gasteiger partial charge in [-0.1, -0.05) is 34.1 Å². The van der Waals surface area contributed by atoms with Crippen LogP contribution < -0.4 is 0 Å². The van der Waals surface area contributed by atoms with Gasteiger partial charge in [0.1, 0.15) is 5.60 Å². The summed E-state index contributed by atoms with van der Waals surface area (Å²) in [5, 5.41) is 0.992. The first-order valence-electron chi connectivity index (χ1n) is 9.95. The SMILES string of the molecule is COC(=O)[C@]1(C)C=C[C@@H](Cc2cn(C(=O)OC(C)(C)C)c3cccc(Br)c23)N(C)C1. The summed E-state index contributed by atoms with van der Waals surface area (Å²) < 4.78 is 13.1. The first-order valence-corrected chi connectivity index (χ1v) is 10.7. The van der Waals surface area contributed by atoms with E-state index in [1.54, 1.807) is 4.57 Å². The number of carbonyl (C=O) groups excluding carboxylic acids is 2. The minimum atomic E-state index is -0.662. The second-order valence-electron chi connectivity index (χ2n) is 9.09. The van der Waals surface area contributed by atoms with Crippen molar-refractivity contribution >= 4 is 38.9 Å². The molecule has 0 saturated carbocycles. The zero-order valence-electron chi connectivity index (χ0n) is 18.4. The van der Waals surface area contributed by atoms with Crippen molar-refractivity contribution < 1.29 is 19.1 Å². The molecule has 162 valence electrons. The number of esters is 1. The summed E-state index contributed by atoms with van der Waals surface area (Å²) in [5.74, 6) is -0.242. The maximum absolute atomic E-state index is 12.8. The van der Waals surface area contributed by atoms with Crippen LogP contribution in [0.4, 0.5) is 4.79 Å². The van der Waals surface area contributed by atoms with E-state index in [4.69, 9.17) is 9.47 Å². The van der Waals surface area contributed by atoms with Crippen molar-refractivity contribution in [2.75, 3.05) is 20.7 Å². The summed E-state index contributed by atoms with van der Waals surface area (Å²) in [6.07, 6.45) is 6.14. The number of likely N-dealkylation sites (N-methyl/N-ethyl adjacent to an activating group) is 1. The van der Waals surface area contributed by atoms with Crippen molar-refractivity contribution in [2.45, 2.75) is 45.8 Å². The van der Waals surface area contributed by atoms with Crippen LogP contribution in [0.1, 0.15) is 33.3 Å². The number of aromatic nitrogens is 1. The second kappa shape index (κ2) is 8.19. The first kappa shape index (κ1) is 22.6. The molecule has 1 aliphatic rings. The Morgan fingerprint density at radius 2 is 2.00 bits per heavy atom. The highest BCUT2D eigenvalue weighted by Crippen LogP contribution is 2.33. The molecule has 2 atom stereocenters. The molecule has 7 heteroatoms. The summed E-state index contributed by atoms with van der Waals surface area (Å²) in [6.45, 7) is 8.01. The maximum atomic E-state index is 12.8. The zero-order chi connectivity index (χ0) is 22.3. The molecule has 0 bridgehead atoms. The third kappa shape index (κ3) is 4.47. The highest BCUT2D eigenvalue weighted by molar-refractivity contribution is 9.10. The van der Waals surface area contributed by atoms with Crippen LogP contribution >= 0.6 is 15.9 Å². The van der Waals surface area contributed by atoms with Gasteiger partial charge in [0.2, 0.25) is 0 Å². The average Bonchev–Trinajstić information content (AvgIpc) is 3.02. The number of carbonyl (C=O) groups is 2. The number of hydrogen-bond acceptors (Lipinski definition) is 5. The van der Waals surface area contributed by atoms with Crippen LogP contribution in [0.15, 0.2) is 41.0 Å². The molecule has 1 aromatic carbocycles. The monoisotopic (exact) mass is 476 g/mol. The van der Waals surface area contributed by atoms with Gasteiger partial charge in [-0.05, 0) is 58.9 Å². The molecule has 3 rings (SSSR count). The number of ether oxygens (including phenoxy) is 2. The van der Waals surface area contributed by atoms with Crippen molar-refractivity contribution in [3.63, 3.8) is 0 Å². The first-order chi connectivity index (χ1) is 13.9. The number of fused-ring (bicyclic) bond motifs is 1. The van der Waals surface area contributed by atoms with Crippen molar-refractivity contribution in [3.05, 3.63) is 46.6 Å². The van der Waals surface area contributed by atoms with Crippen molar-refractivity contribution in [2.24, 2.45) is 5.41 Å². The van der Waals surface area contributed by atoms with E-state index < -0.39 is 17.1 Å². The van der Waals surface area contributed by atoms with Gasteiger partial charge in [0.15, 0.2) is 0 Å². The standard InChI is InChI=1S/C23H29BrN2O4/c1-22(2,3)30-21(28)26-13-15(19-17(24)8-7-9-18(19)26)12-16-10-11-23(4,14-25(16)5)20(27)29-6/h7-11,13,16H,12,14H2,1-6H3/t16-,23+/m0/s1. The molecule has 30 heavy (non-hydrogen) atoms. The van der Waals surface area contributed by atoms with Gasteiger partial charge in [-0.25, -0.2) is 4.79 Å². The number of methoxy groups -OCH3 is 1. The number of rotatable bonds is 3. The normalized spacial score (nSPS) is 22.3. The van der Waals surface area contributed by atoms with Gasteiger partial charge in [-0.15, -0.1) is 0 Å². The molecule has 1 aliphatic heterocycles. The molecule has 0 unspecified atom stereocenters. The van der Waals surface area contributed by atoms with Gasteiger partial charge in [-0.2, -0.15) is 0 Å². The summed E-state index contributed by atoms with van der Waals surface area (Å²) in [6, 6.07) is 5.89. The fraction of sp³-hybridized carbons (Fsp3) is 0.478. The number of hydrogen-bond donors (Lipinski definition) is 0. The van der Waals surface area contributed by atoms with Crippen LogP contribution in [0.2, 0.25) is 0 Å². The Morgan fingerprint density at radius 1 is 1.30 bits per heavy atom. The van der Waals surface area contributed by atoms with Crippen LogP contribution in [0.3, 0.4) is 0 Å². The summed E-state index contributed by atoms with van der Waals surface area (Å²) in [5.41, 5.74) is 0.595. The molecule has 1 aromatic heterocycles. The predicted molar refractivity (Wildman–Crippen MR) is 121 cm³/mol. The molecule has 0 radical (unpaired) electrons. The molecular formula is C23H29BrN2O4. The molecule has 0 amide bonds. The van der Waals surface area contributed by atoms with Gasteiger partial charge in [0.05, 0.1) is 18.0 Å². The van der Waals surface area contributed by atoms with Gasteiger partial charge < -0.3 is 9.47 Å². The van der Waals surface area contributed by atoms with Crippen LogP contribution in [0.25, 0.3) is 10.9 Å². The summed E-state index contributed by atoms with van der Waals surface area (Å²) in [7, 11) is 3.41. The zero-order valence-corrected chi connectivity index (χ0v) is 19.9. The van der Waals surface area contributed by atoms with E-state index in [0.717, 1.165) is 20.9 Å². The quantitative estimate of drug-likeness (QED) is 0.471. The highest BCUT2D eigenvalue weighted by Gasteiger charge is 2.37. The van der Waals surface area contributed by atoms with Crippen molar-refractivity contribution in [3.8, 4) is 0 Å². The maximum Gasteiger partial charge on any atom is 0.419 e. The Balaban J connectivity index is 1.96. The largest absolute Gasteiger partial charge is 0.468 e. The summed E-state index contributed by atoms with van der Waals surface area (Å²) >= 11 is 3.64. The van der Waals surface area contributed by atoms with Crippen molar-refractivity contribution in [1.82, 2.24) is 9.47 Å². The Labute approximate surface area is 185 Å². The minimum Gasteiger partial charge on any atom is -0.468 e. The molecule has 0 spiro atoms.